The molecule has 3 aromatic rings. The van der Waals surface area contributed by atoms with Crippen LogP contribution in [-0.4, -0.2) is 21.0 Å². The van der Waals surface area contributed by atoms with Crippen molar-refractivity contribution in [3.05, 3.63) is 87.6 Å². The van der Waals surface area contributed by atoms with Gasteiger partial charge in [-0.05, 0) is 35.1 Å². The Labute approximate surface area is 222 Å². The number of carbonyl (C=O) groups is 1. The lowest BCUT2D eigenvalue weighted by Crippen LogP contribution is -2.42. The molecule has 0 unspecified atom stereocenters. The average Bonchev–Trinajstić information content (AvgIpc) is 3.31. The van der Waals surface area contributed by atoms with Crippen molar-refractivity contribution in [1.29, 1.82) is 5.26 Å². The van der Waals surface area contributed by atoms with Crippen LogP contribution in [0.2, 0.25) is 5.02 Å². The van der Waals surface area contributed by atoms with Crippen molar-refractivity contribution in [2.45, 2.75) is 42.7 Å². The highest BCUT2D eigenvalue weighted by Crippen LogP contribution is 2.50. The zero-order chi connectivity index (χ0) is 25.4. The molecule has 0 fully saturated rings. The number of pyridine rings is 1. The molecule has 0 saturated heterocycles. The van der Waals surface area contributed by atoms with Crippen LogP contribution >= 0.6 is 34.7 Å². The number of nitrogens with zero attached hydrogens (tertiary/aromatic N) is 5. The van der Waals surface area contributed by atoms with E-state index >= 15 is 0 Å². The summed E-state index contributed by atoms with van der Waals surface area (Å²) in [6, 6.07) is 13.6. The van der Waals surface area contributed by atoms with Crippen molar-refractivity contribution < 1.29 is 4.79 Å². The van der Waals surface area contributed by atoms with E-state index in [-0.39, 0.29) is 17.0 Å². The Bertz CT molecular complexity index is 1440. The van der Waals surface area contributed by atoms with Gasteiger partial charge in [-0.2, -0.15) is 5.26 Å². The third kappa shape index (κ3) is 4.52. The molecule has 1 atom stereocenters. The van der Waals surface area contributed by atoms with Crippen molar-refractivity contribution in [2.24, 2.45) is 11.1 Å². The smallest absolute Gasteiger partial charge is 0.219 e. The summed E-state index contributed by atoms with van der Waals surface area (Å²) in [5, 5.41) is 20.2. The molecule has 0 bridgehead atoms. The minimum Gasteiger partial charge on any atom is -0.384 e. The lowest BCUT2D eigenvalue weighted by atomic mass is 9.69. The van der Waals surface area contributed by atoms with Gasteiger partial charge in [0.05, 0.1) is 17.6 Å². The van der Waals surface area contributed by atoms with Gasteiger partial charge in [0.25, 0.3) is 0 Å². The summed E-state index contributed by atoms with van der Waals surface area (Å²) in [5.74, 6) is 0.374. The number of benzene rings is 1. The second-order valence-corrected chi connectivity index (χ2v) is 12.1. The Morgan fingerprint density at radius 1 is 1.25 bits per heavy atom. The third-order valence-corrected chi connectivity index (χ3v) is 8.75. The lowest BCUT2D eigenvalue weighted by molar-refractivity contribution is -0.118. The Hall–Kier alpha value is -3.19. The van der Waals surface area contributed by atoms with E-state index in [9.17, 15) is 10.1 Å². The van der Waals surface area contributed by atoms with Crippen LogP contribution in [0.15, 0.2) is 75.8 Å². The van der Waals surface area contributed by atoms with Crippen LogP contribution in [0.3, 0.4) is 0 Å². The zero-order valence-corrected chi connectivity index (χ0v) is 22.1. The SMILES string of the molecule is CC1(C)CC(=O)C2=C(C1)N(c1nnc(SCc3ccccc3Cl)s1)C(N)=C(C#N)[C@@H]2c1cccnc1. The van der Waals surface area contributed by atoms with Crippen molar-refractivity contribution in [3.63, 3.8) is 0 Å². The highest BCUT2D eigenvalue weighted by molar-refractivity contribution is 8.00. The Morgan fingerprint density at radius 3 is 2.78 bits per heavy atom. The summed E-state index contributed by atoms with van der Waals surface area (Å²) in [6.07, 6.45) is 4.37. The van der Waals surface area contributed by atoms with Gasteiger partial charge in [-0.3, -0.25) is 14.7 Å². The van der Waals surface area contributed by atoms with Gasteiger partial charge in [0, 0.05) is 40.9 Å². The molecular formula is C26H23ClN6OS2. The van der Waals surface area contributed by atoms with E-state index in [1.165, 1.54) is 23.1 Å². The van der Waals surface area contributed by atoms with Crippen molar-refractivity contribution >= 4 is 45.6 Å². The molecule has 36 heavy (non-hydrogen) atoms. The van der Waals surface area contributed by atoms with Crippen LogP contribution in [-0.2, 0) is 10.5 Å². The molecule has 5 rings (SSSR count). The zero-order valence-electron chi connectivity index (χ0n) is 19.7. The molecule has 3 heterocycles. The number of nitrogens with two attached hydrogens (primary N) is 1. The maximum absolute atomic E-state index is 13.5. The quantitative estimate of drug-likeness (QED) is 0.408. The van der Waals surface area contributed by atoms with Gasteiger partial charge in [-0.25, -0.2) is 0 Å². The number of thioether (sulfide) groups is 1. The highest BCUT2D eigenvalue weighted by Gasteiger charge is 2.45. The fourth-order valence-corrected chi connectivity index (χ4v) is 6.88. The van der Waals surface area contributed by atoms with E-state index in [4.69, 9.17) is 17.3 Å². The Morgan fingerprint density at radius 2 is 2.06 bits per heavy atom. The molecule has 2 aliphatic rings. The first kappa shape index (κ1) is 24.5. The van der Waals surface area contributed by atoms with Gasteiger partial charge in [-0.1, -0.05) is 72.8 Å². The van der Waals surface area contributed by atoms with Crippen LogP contribution in [0.1, 0.15) is 43.7 Å². The largest absolute Gasteiger partial charge is 0.384 e. The second kappa shape index (κ2) is 9.69. The molecule has 2 aromatic heterocycles. The van der Waals surface area contributed by atoms with E-state index in [2.05, 4.69) is 35.1 Å². The predicted molar refractivity (Wildman–Crippen MR) is 142 cm³/mol. The summed E-state index contributed by atoms with van der Waals surface area (Å²) in [7, 11) is 0. The van der Waals surface area contributed by atoms with Gasteiger partial charge in [0.2, 0.25) is 5.13 Å². The number of hydrogen-bond donors (Lipinski definition) is 1. The first-order valence-electron chi connectivity index (χ1n) is 11.3. The highest BCUT2D eigenvalue weighted by atomic mass is 35.5. The first-order valence-corrected chi connectivity index (χ1v) is 13.5. The van der Waals surface area contributed by atoms with E-state index in [0.717, 1.165) is 21.2 Å². The topological polar surface area (TPSA) is 109 Å². The number of halogens is 1. The number of nitriles is 1. The van der Waals surface area contributed by atoms with Gasteiger partial charge < -0.3 is 5.73 Å². The van der Waals surface area contributed by atoms with Crippen molar-refractivity contribution in [3.8, 4) is 6.07 Å². The van der Waals surface area contributed by atoms with Crippen LogP contribution in [0.25, 0.3) is 0 Å². The molecule has 0 amide bonds. The van der Waals surface area contributed by atoms with E-state index in [0.29, 0.717) is 39.9 Å². The molecule has 0 radical (unpaired) electrons. The minimum absolute atomic E-state index is 0.0122. The molecule has 2 N–H and O–H groups in total. The van der Waals surface area contributed by atoms with Gasteiger partial charge >= 0.3 is 0 Å². The maximum Gasteiger partial charge on any atom is 0.219 e. The van der Waals surface area contributed by atoms with E-state index in [1.807, 2.05) is 30.3 Å². The Balaban J connectivity index is 1.57. The van der Waals surface area contributed by atoms with Crippen molar-refractivity contribution in [2.75, 3.05) is 4.90 Å². The maximum atomic E-state index is 13.5. The summed E-state index contributed by atoms with van der Waals surface area (Å²) in [4.78, 5) is 19.5. The summed E-state index contributed by atoms with van der Waals surface area (Å²) < 4.78 is 0.745. The average molecular weight is 535 g/mol. The molecular weight excluding hydrogens is 512 g/mol. The fraction of sp³-hybridized carbons (Fsp3) is 0.269. The normalized spacial score (nSPS) is 19.3. The molecule has 7 nitrogen and oxygen atoms in total. The van der Waals surface area contributed by atoms with Crippen molar-refractivity contribution in [1.82, 2.24) is 15.2 Å². The molecule has 0 spiro atoms. The molecule has 0 saturated carbocycles. The monoisotopic (exact) mass is 534 g/mol. The number of hydrogen-bond acceptors (Lipinski definition) is 9. The minimum atomic E-state index is -0.555. The van der Waals surface area contributed by atoms with Gasteiger partial charge in [-0.15, -0.1) is 10.2 Å². The third-order valence-electron chi connectivity index (χ3n) is 6.29. The van der Waals surface area contributed by atoms with Gasteiger partial charge in [0.15, 0.2) is 10.1 Å². The molecule has 1 aliphatic carbocycles. The van der Waals surface area contributed by atoms with Crippen LogP contribution in [0.4, 0.5) is 5.13 Å². The number of rotatable bonds is 5. The van der Waals surface area contributed by atoms with E-state index in [1.54, 1.807) is 23.4 Å². The summed E-state index contributed by atoms with van der Waals surface area (Å²) in [5.41, 5.74) is 9.86. The fourth-order valence-electron chi connectivity index (χ4n) is 4.71. The van der Waals surface area contributed by atoms with Crippen LogP contribution < -0.4 is 10.6 Å². The van der Waals surface area contributed by atoms with Crippen LogP contribution in [0, 0.1) is 16.7 Å². The Kier molecular flexibility index (Phi) is 6.60. The number of ketones is 1. The summed E-state index contributed by atoms with van der Waals surface area (Å²) >= 11 is 9.20. The standard InChI is InChI=1S/C26H23ClN6OS2/c1-26(2)10-19-22(20(34)11-26)21(15-7-5-9-30-13-15)17(12-28)23(29)33(19)24-31-32-25(36-24)35-14-16-6-3-4-8-18(16)27/h3-9,13,21H,10-11,14,29H2,1-2H3/t21-/m0/s1. The lowest BCUT2D eigenvalue weighted by Gasteiger charge is -2.42. The number of allylic oxidation sites excluding steroid dienone is 3. The summed E-state index contributed by atoms with van der Waals surface area (Å²) in [6.45, 7) is 4.13. The van der Waals surface area contributed by atoms with Gasteiger partial charge in [0.1, 0.15) is 5.82 Å². The number of carbonyl (C=O) groups excluding carboxylic acids is 1. The number of aromatic nitrogens is 3. The molecule has 182 valence electrons. The second-order valence-electron chi connectivity index (χ2n) is 9.50. The predicted octanol–water partition coefficient (Wildman–Crippen LogP) is 5.82. The number of Topliss-reactive ketones (excluding diaryl/α,β-unsaturated/α-hetero) is 1. The molecule has 1 aromatic carbocycles. The molecule has 10 heteroatoms. The molecule has 1 aliphatic heterocycles. The van der Waals surface area contributed by atoms with Crippen LogP contribution in [0.5, 0.6) is 0 Å². The van der Waals surface area contributed by atoms with E-state index < -0.39 is 5.92 Å². The number of anilines is 1. The first-order chi connectivity index (χ1) is 17.3.